The Morgan fingerprint density at radius 3 is 2.38 bits per heavy atom. The molecule has 2 fully saturated rings. The van der Waals surface area contributed by atoms with Crippen LogP contribution >= 0.6 is 23.2 Å². The van der Waals surface area contributed by atoms with Crippen LogP contribution in [0.2, 0.25) is 10.0 Å². The lowest BCUT2D eigenvalue weighted by molar-refractivity contribution is -0.133. The fourth-order valence-electron chi connectivity index (χ4n) is 5.25. The van der Waals surface area contributed by atoms with E-state index in [0.717, 1.165) is 56.2 Å². The summed E-state index contributed by atoms with van der Waals surface area (Å²) in [7, 11) is 0. The maximum Gasteiger partial charge on any atom is 0.227 e. The molecule has 5 rings (SSSR count). The van der Waals surface area contributed by atoms with Crippen LogP contribution in [0.1, 0.15) is 43.6 Å². The monoisotopic (exact) mass is 501 g/mol. The number of likely N-dealkylation sites (tertiary alicyclic amines) is 1. The summed E-state index contributed by atoms with van der Waals surface area (Å²) in [5.41, 5.74) is 1.61. The molecule has 1 saturated carbocycles. The van der Waals surface area contributed by atoms with Crippen LogP contribution in [0.5, 0.6) is 0 Å². The number of amides is 1. The van der Waals surface area contributed by atoms with Gasteiger partial charge in [-0.15, -0.1) is 0 Å². The number of nitrogens with zero attached hydrogens (tertiary/aromatic N) is 3. The molecule has 0 spiro atoms. The van der Waals surface area contributed by atoms with E-state index in [1.54, 1.807) is 12.1 Å². The maximum atomic E-state index is 13.1. The molecule has 1 aliphatic heterocycles. The molecule has 1 aliphatic carbocycles. The second-order valence-electron chi connectivity index (χ2n) is 9.32. The van der Waals surface area contributed by atoms with Gasteiger partial charge < -0.3 is 9.42 Å². The van der Waals surface area contributed by atoms with Crippen molar-refractivity contribution >= 4 is 29.1 Å². The van der Waals surface area contributed by atoms with Gasteiger partial charge in [0.05, 0.1) is 0 Å². The van der Waals surface area contributed by atoms with Gasteiger partial charge in [-0.05, 0) is 86.4 Å². The molecule has 0 bridgehead atoms. The van der Waals surface area contributed by atoms with Crippen molar-refractivity contribution in [3.05, 3.63) is 69.8 Å². The van der Waals surface area contributed by atoms with Crippen molar-refractivity contribution in [2.75, 3.05) is 6.54 Å². The standard InChI is InChI=1S/C26H26Cl2FN3O2/c27-22-2-1-3-23(28)21(22)15-18-12-13-32(26(18)33)20-10-4-16(5-11-20)14-24-30-25(31-34-24)17-6-8-19(29)9-7-17/h1-3,6-9,16,18,20H,4-5,10-15H2. The topological polar surface area (TPSA) is 59.2 Å². The molecule has 1 amide bonds. The number of hydrogen-bond donors (Lipinski definition) is 0. The number of carbonyl (C=O) groups is 1. The fourth-order valence-corrected chi connectivity index (χ4v) is 5.80. The van der Waals surface area contributed by atoms with Gasteiger partial charge >= 0.3 is 0 Å². The summed E-state index contributed by atoms with van der Waals surface area (Å²) in [6, 6.07) is 11.8. The SMILES string of the molecule is O=C1C(Cc2c(Cl)cccc2Cl)CCN1C1CCC(Cc2nc(-c3ccc(F)cc3)no2)CC1. The zero-order chi connectivity index (χ0) is 23.7. The van der Waals surface area contributed by atoms with Crippen molar-refractivity contribution in [3.8, 4) is 11.4 Å². The predicted molar refractivity (Wildman–Crippen MR) is 129 cm³/mol. The maximum absolute atomic E-state index is 13.1. The minimum Gasteiger partial charge on any atom is -0.339 e. The van der Waals surface area contributed by atoms with Crippen LogP contribution in [-0.2, 0) is 17.6 Å². The van der Waals surface area contributed by atoms with Crippen molar-refractivity contribution in [1.29, 1.82) is 0 Å². The summed E-state index contributed by atoms with van der Waals surface area (Å²) in [6.45, 7) is 0.797. The molecule has 178 valence electrons. The number of rotatable bonds is 6. The van der Waals surface area contributed by atoms with Gasteiger partial charge in [-0.25, -0.2) is 4.39 Å². The average Bonchev–Trinajstić information content (AvgIpc) is 3.44. The number of halogens is 3. The molecular weight excluding hydrogens is 476 g/mol. The number of benzene rings is 2. The van der Waals surface area contributed by atoms with E-state index < -0.39 is 0 Å². The zero-order valence-electron chi connectivity index (χ0n) is 18.7. The van der Waals surface area contributed by atoms with Crippen molar-refractivity contribution in [3.63, 3.8) is 0 Å². The van der Waals surface area contributed by atoms with Crippen LogP contribution in [-0.4, -0.2) is 33.5 Å². The lowest BCUT2D eigenvalue weighted by atomic mass is 9.83. The summed E-state index contributed by atoms with van der Waals surface area (Å²) >= 11 is 12.6. The molecule has 2 aliphatic rings. The highest BCUT2D eigenvalue weighted by atomic mass is 35.5. The minimum absolute atomic E-state index is 0.0570. The van der Waals surface area contributed by atoms with E-state index in [4.69, 9.17) is 27.7 Å². The quantitative estimate of drug-likeness (QED) is 0.393. The Labute approximate surface area is 208 Å². The predicted octanol–water partition coefficient (Wildman–Crippen LogP) is 6.38. The molecule has 2 heterocycles. The Morgan fingerprint density at radius 1 is 0.971 bits per heavy atom. The second kappa shape index (κ2) is 10.0. The molecular formula is C26H26Cl2FN3O2. The number of hydrogen-bond acceptors (Lipinski definition) is 4. The third kappa shape index (κ3) is 4.98. The summed E-state index contributed by atoms with van der Waals surface area (Å²) in [4.78, 5) is 19.7. The summed E-state index contributed by atoms with van der Waals surface area (Å²) in [6.07, 6.45) is 6.16. The van der Waals surface area contributed by atoms with E-state index >= 15 is 0 Å². The smallest absolute Gasteiger partial charge is 0.227 e. The third-order valence-corrected chi connectivity index (χ3v) is 7.86. The highest BCUT2D eigenvalue weighted by Gasteiger charge is 2.38. The van der Waals surface area contributed by atoms with Crippen LogP contribution < -0.4 is 0 Å². The van der Waals surface area contributed by atoms with E-state index in [9.17, 15) is 9.18 Å². The normalized spacial score (nSPS) is 23.0. The van der Waals surface area contributed by atoms with Gasteiger partial charge in [0.15, 0.2) is 0 Å². The van der Waals surface area contributed by atoms with Crippen LogP contribution in [0, 0.1) is 17.7 Å². The van der Waals surface area contributed by atoms with Gasteiger partial charge in [-0.2, -0.15) is 4.98 Å². The first-order valence-corrected chi connectivity index (χ1v) is 12.6. The Balaban J connectivity index is 1.14. The highest BCUT2D eigenvalue weighted by Crippen LogP contribution is 2.35. The Kier molecular flexibility index (Phi) is 6.89. The van der Waals surface area contributed by atoms with E-state index in [0.29, 0.717) is 34.1 Å². The number of aromatic nitrogens is 2. The van der Waals surface area contributed by atoms with Crippen molar-refractivity contribution < 1.29 is 13.7 Å². The largest absolute Gasteiger partial charge is 0.339 e. The number of carbonyl (C=O) groups excluding carboxylic acids is 1. The van der Waals surface area contributed by atoms with Gasteiger partial charge in [0.25, 0.3) is 0 Å². The van der Waals surface area contributed by atoms with Gasteiger partial charge in [-0.1, -0.05) is 34.4 Å². The molecule has 1 aromatic heterocycles. The van der Waals surface area contributed by atoms with E-state index in [2.05, 4.69) is 15.0 Å². The van der Waals surface area contributed by atoms with Crippen LogP contribution in [0.15, 0.2) is 47.0 Å². The molecule has 5 nitrogen and oxygen atoms in total. The summed E-state index contributed by atoms with van der Waals surface area (Å²) in [5.74, 6) is 1.42. The van der Waals surface area contributed by atoms with Crippen LogP contribution in [0.3, 0.4) is 0 Å². The van der Waals surface area contributed by atoms with Gasteiger partial charge in [0.1, 0.15) is 5.82 Å². The van der Waals surface area contributed by atoms with E-state index in [1.807, 2.05) is 18.2 Å². The molecule has 34 heavy (non-hydrogen) atoms. The second-order valence-corrected chi connectivity index (χ2v) is 10.1. The fraction of sp³-hybridized carbons (Fsp3) is 0.423. The van der Waals surface area contributed by atoms with Crippen molar-refractivity contribution in [2.24, 2.45) is 11.8 Å². The zero-order valence-corrected chi connectivity index (χ0v) is 20.2. The van der Waals surface area contributed by atoms with E-state index in [-0.39, 0.29) is 23.7 Å². The van der Waals surface area contributed by atoms with Crippen molar-refractivity contribution in [1.82, 2.24) is 15.0 Å². The van der Waals surface area contributed by atoms with Crippen LogP contribution in [0.4, 0.5) is 4.39 Å². The molecule has 2 aromatic carbocycles. The van der Waals surface area contributed by atoms with Gasteiger partial charge in [0.2, 0.25) is 17.6 Å². The first-order valence-electron chi connectivity index (χ1n) is 11.8. The molecule has 0 radical (unpaired) electrons. The highest BCUT2D eigenvalue weighted by molar-refractivity contribution is 6.36. The lowest BCUT2D eigenvalue weighted by Gasteiger charge is -2.34. The molecule has 1 unspecified atom stereocenters. The summed E-state index contributed by atoms with van der Waals surface area (Å²) in [5, 5.41) is 5.30. The van der Waals surface area contributed by atoms with Gasteiger partial charge in [-0.3, -0.25) is 4.79 Å². The molecule has 0 N–H and O–H groups in total. The molecule has 1 saturated heterocycles. The van der Waals surface area contributed by atoms with Crippen LogP contribution in [0.25, 0.3) is 11.4 Å². The third-order valence-electron chi connectivity index (χ3n) is 7.15. The lowest BCUT2D eigenvalue weighted by Crippen LogP contribution is -2.40. The van der Waals surface area contributed by atoms with E-state index in [1.165, 1.54) is 12.1 Å². The Morgan fingerprint density at radius 2 is 1.68 bits per heavy atom. The molecule has 8 heteroatoms. The van der Waals surface area contributed by atoms with Crippen molar-refractivity contribution in [2.45, 2.75) is 51.0 Å². The molecule has 1 atom stereocenters. The Hall–Kier alpha value is -2.44. The first kappa shape index (κ1) is 23.3. The Bertz CT molecular complexity index is 1140. The average molecular weight is 502 g/mol. The molecule has 3 aromatic rings. The minimum atomic E-state index is -0.292. The summed E-state index contributed by atoms with van der Waals surface area (Å²) < 4.78 is 18.6. The van der Waals surface area contributed by atoms with Gasteiger partial charge in [0, 0.05) is 40.5 Å². The first-order chi connectivity index (χ1) is 16.5.